The Hall–Kier alpha value is -3.72. The average Bonchev–Trinajstić information content (AvgIpc) is 2.80. The minimum Gasteiger partial charge on any atom is -0.307 e. The molecule has 32 heavy (non-hydrogen) atoms. The van der Waals surface area contributed by atoms with E-state index in [1.54, 1.807) is 36.5 Å². The molecule has 1 N–H and O–H groups in total. The van der Waals surface area contributed by atoms with Crippen molar-refractivity contribution in [1.29, 1.82) is 0 Å². The second-order valence-corrected chi connectivity index (χ2v) is 7.63. The van der Waals surface area contributed by atoms with Crippen molar-refractivity contribution < 1.29 is 9.59 Å². The van der Waals surface area contributed by atoms with Crippen LogP contribution in [0, 0.1) is 6.92 Å². The second kappa shape index (κ2) is 11.1. The molecule has 0 aliphatic rings. The molecule has 3 rings (SSSR count). The van der Waals surface area contributed by atoms with E-state index in [1.807, 2.05) is 43.3 Å². The molecule has 4 nitrogen and oxygen atoms in total. The molecule has 0 saturated heterocycles. The summed E-state index contributed by atoms with van der Waals surface area (Å²) in [6.45, 7) is 5.76. The maximum Gasteiger partial charge on any atom is 0.249 e. The number of carbonyl (C=O) groups is 2. The molecule has 0 bridgehead atoms. The maximum atomic E-state index is 12.5. The van der Waals surface area contributed by atoms with Crippen molar-refractivity contribution in [2.75, 3.05) is 5.32 Å². The first-order valence-electron chi connectivity index (χ1n) is 10.1. The zero-order chi connectivity index (χ0) is 22.9. The van der Waals surface area contributed by atoms with Crippen LogP contribution in [0.5, 0.6) is 0 Å². The van der Waals surface area contributed by atoms with Crippen molar-refractivity contribution in [1.82, 2.24) is 4.98 Å². The molecule has 1 amide bonds. The molecule has 0 fully saturated rings. The highest BCUT2D eigenvalue weighted by atomic mass is 35.5. The number of ketones is 1. The van der Waals surface area contributed by atoms with E-state index in [0.29, 0.717) is 29.2 Å². The molecular formula is C27H23ClN2O2. The summed E-state index contributed by atoms with van der Waals surface area (Å²) >= 11 is 6.40. The first-order valence-corrected chi connectivity index (χ1v) is 10.5. The summed E-state index contributed by atoms with van der Waals surface area (Å²) in [5.41, 5.74) is 6.99. The third kappa shape index (κ3) is 6.39. The van der Waals surface area contributed by atoms with Gasteiger partial charge in [-0.15, -0.1) is 5.73 Å². The topological polar surface area (TPSA) is 59.1 Å². The highest BCUT2D eigenvalue weighted by Crippen LogP contribution is 2.28. The van der Waals surface area contributed by atoms with Crippen LogP contribution >= 0.6 is 11.6 Å². The Kier molecular flexibility index (Phi) is 7.93. The summed E-state index contributed by atoms with van der Waals surface area (Å²) < 4.78 is 0. The number of nitrogens with one attached hydrogen (secondary N) is 1. The number of benzene rings is 2. The van der Waals surface area contributed by atoms with Gasteiger partial charge in [-0.3, -0.25) is 9.59 Å². The Bertz CT molecular complexity index is 1190. The number of aryl methyl sites for hydroxylation is 1. The molecule has 0 radical (unpaired) electrons. The molecular weight excluding hydrogens is 420 g/mol. The number of allylic oxidation sites excluding steroid dienone is 1. The number of halogens is 1. The van der Waals surface area contributed by atoms with Crippen LogP contribution in [0.3, 0.4) is 0 Å². The largest absolute Gasteiger partial charge is 0.307 e. The minimum absolute atomic E-state index is 0.0520. The molecule has 0 saturated carbocycles. The number of anilines is 1. The molecule has 2 aromatic carbocycles. The van der Waals surface area contributed by atoms with Crippen LogP contribution in [0.15, 0.2) is 85.2 Å². The van der Waals surface area contributed by atoms with E-state index in [-0.39, 0.29) is 11.7 Å². The van der Waals surface area contributed by atoms with Gasteiger partial charge in [-0.1, -0.05) is 60.1 Å². The van der Waals surface area contributed by atoms with Crippen molar-refractivity contribution in [2.24, 2.45) is 0 Å². The maximum absolute atomic E-state index is 12.5. The standard InChI is InChI=1S/C27H23ClN2O2/c1-3-21(13-15-25(31)22-11-7-19(2)8-12-22)23-18-20(9-14-24(23)28)10-16-27(32)30-26-6-4-5-17-29-26/h4-12,14,16-18H,1,13,15H2,2H3,(H,29,30,32). The van der Waals surface area contributed by atoms with Gasteiger partial charge in [-0.05, 0) is 49.2 Å². The lowest BCUT2D eigenvalue weighted by Crippen LogP contribution is -2.08. The molecule has 3 aromatic rings. The highest BCUT2D eigenvalue weighted by Gasteiger charge is 2.11. The summed E-state index contributed by atoms with van der Waals surface area (Å²) in [6.07, 6.45) is 5.51. The van der Waals surface area contributed by atoms with Gasteiger partial charge < -0.3 is 5.32 Å². The Morgan fingerprint density at radius 1 is 1.09 bits per heavy atom. The minimum atomic E-state index is -0.289. The van der Waals surface area contributed by atoms with Gasteiger partial charge in [-0.2, -0.15) is 0 Å². The summed E-state index contributed by atoms with van der Waals surface area (Å²) in [5, 5.41) is 3.23. The van der Waals surface area contributed by atoms with Crippen molar-refractivity contribution >= 4 is 40.8 Å². The molecule has 5 heteroatoms. The van der Waals surface area contributed by atoms with E-state index in [4.69, 9.17) is 11.6 Å². The Morgan fingerprint density at radius 3 is 2.56 bits per heavy atom. The van der Waals surface area contributed by atoms with Gasteiger partial charge in [0.1, 0.15) is 5.82 Å². The quantitative estimate of drug-likeness (QED) is 0.245. The number of nitrogens with zero attached hydrogens (tertiary/aromatic N) is 1. The third-order valence-electron chi connectivity index (χ3n) is 4.85. The Balaban J connectivity index is 1.69. The van der Waals surface area contributed by atoms with E-state index in [0.717, 1.165) is 22.3 Å². The summed E-state index contributed by atoms with van der Waals surface area (Å²) in [7, 11) is 0. The van der Waals surface area contributed by atoms with Gasteiger partial charge in [0.05, 0.1) is 0 Å². The number of amides is 1. The summed E-state index contributed by atoms with van der Waals surface area (Å²) in [4.78, 5) is 28.7. The van der Waals surface area contributed by atoms with Gasteiger partial charge in [0.2, 0.25) is 5.91 Å². The number of rotatable bonds is 8. The molecule has 0 unspecified atom stereocenters. The molecule has 0 spiro atoms. The lowest BCUT2D eigenvalue weighted by atomic mass is 9.96. The van der Waals surface area contributed by atoms with Gasteiger partial charge in [-0.25, -0.2) is 4.98 Å². The number of carbonyl (C=O) groups excluding carboxylic acids is 2. The number of hydrogen-bond acceptors (Lipinski definition) is 3. The molecule has 0 aliphatic carbocycles. The second-order valence-electron chi connectivity index (χ2n) is 7.22. The van der Waals surface area contributed by atoms with E-state index < -0.39 is 0 Å². The molecule has 160 valence electrons. The molecule has 0 aliphatic heterocycles. The van der Waals surface area contributed by atoms with E-state index in [9.17, 15) is 9.59 Å². The molecule has 0 atom stereocenters. The van der Waals surface area contributed by atoms with E-state index in [1.165, 1.54) is 6.08 Å². The van der Waals surface area contributed by atoms with Crippen LogP contribution in [-0.2, 0) is 4.79 Å². The van der Waals surface area contributed by atoms with Gasteiger partial charge in [0, 0.05) is 40.4 Å². The Labute approximate surface area is 193 Å². The number of Topliss-reactive ketones (excluding diaryl/α,β-unsaturated/α-hetero) is 1. The van der Waals surface area contributed by atoms with Gasteiger partial charge >= 0.3 is 0 Å². The van der Waals surface area contributed by atoms with Gasteiger partial charge in [0.15, 0.2) is 5.78 Å². The van der Waals surface area contributed by atoms with Crippen LogP contribution in [0.25, 0.3) is 11.6 Å². The van der Waals surface area contributed by atoms with E-state index >= 15 is 0 Å². The fourth-order valence-corrected chi connectivity index (χ4v) is 3.33. The highest BCUT2D eigenvalue weighted by molar-refractivity contribution is 6.32. The smallest absolute Gasteiger partial charge is 0.249 e. The lowest BCUT2D eigenvalue weighted by molar-refractivity contribution is -0.111. The van der Waals surface area contributed by atoms with Crippen LogP contribution in [0.2, 0.25) is 5.02 Å². The monoisotopic (exact) mass is 442 g/mol. The number of aromatic nitrogens is 1. The van der Waals surface area contributed by atoms with Crippen LogP contribution in [0.1, 0.15) is 39.9 Å². The fourth-order valence-electron chi connectivity index (χ4n) is 3.09. The predicted octanol–water partition coefficient (Wildman–Crippen LogP) is 6.53. The first-order chi connectivity index (χ1) is 15.5. The zero-order valence-electron chi connectivity index (χ0n) is 17.8. The fraction of sp³-hybridized carbons (Fsp3) is 0.111. The normalized spacial score (nSPS) is 10.6. The molecule has 1 heterocycles. The first kappa shape index (κ1) is 23.0. The van der Waals surface area contributed by atoms with Crippen LogP contribution in [0.4, 0.5) is 5.82 Å². The Morgan fingerprint density at radius 2 is 1.88 bits per heavy atom. The van der Waals surface area contributed by atoms with Crippen molar-refractivity contribution in [3.8, 4) is 0 Å². The third-order valence-corrected chi connectivity index (χ3v) is 5.18. The van der Waals surface area contributed by atoms with Crippen LogP contribution < -0.4 is 5.32 Å². The van der Waals surface area contributed by atoms with E-state index in [2.05, 4.69) is 22.6 Å². The van der Waals surface area contributed by atoms with Crippen molar-refractivity contribution in [3.63, 3.8) is 0 Å². The average molecular weight is 443 g/mol. The predicted molar refractivity (Wildman–Crippen MR) is 131 cm³/mol. The lowest BCUT2D eigenvalue weighted by Gasteiger charge is -2.09. The summed E-state index contributed by atoms with van der Waals surface area (Å²) in [5.74, 6) is 0.244. The van der Waals surface area contributed by atoms with Crippen molar-refractivity contribution in [3.05, 3.63) is 113 Å². The number of pyridine rings is 1. The van der Waals surface area contributed by atoms with Crippen molar-refractivity contribution in [2.45, 2.75) is 19.8 Å². The number of hydrogen-bond donors (Lipinski definition) is 1. The SMILES string of the molecule is C=C=C(CCC(=O)c1ccc(C)cc1)c1cc(C=CC(=O)Nc2ccccn2)ccc1Cl. The van der Waals surface area contributed by atoms with Gasteiger partial charge in [0.25, 0.3) is 0 Å². The molecule has 1 aromatic heterocycles. The van der Waals surface area contributed by atoms with Crippen LogP contribution in [-0.4, -0.2) is 16.7 Å². The zero-order valence-corrected chi connectivity index (χ0v) is 18.5. The summed E-state index contributed by atoms with van der Waals surface area (Å²) in [6, 6.07) is 18.2.